The highest BCUT2D eigenvalue weighted by atomic mass is 15.0. The molecule has 0 radical (unpaired) electrons. The van der Waals surface area contributed by atoms with E-state index in [0.717, 1.165) is 24.1 Å². The van der Waals surface area contributed by atoms with Crippen molar-refractivity contribution in [2.24, 2.45) is 0 Å². The summed E-state index contributed by atoms with van der Waals surface area (Å²) in [4.78, 5) is 3.70. The lowest BCUT2D eigenvalue weighted by Gasteiger charge is -2.21. The van der Waals surface area contributed by atoms with Gasteiger partial charge in [0.15, 0.2) is 5.69 Å². The molecule has 0 bridgehead atoms. The maximum Gasteiger partial charge on any atom is 0.189 e. The van der Waals surface area contributed by atoms with Crippen LogP contribution in [0.25, 0.3) is 32.3 Å². The largest absolute Gasteiger partial charge is 0.311 e. The zero-order chi connectivity index (χ0) is 23.7. The number of benzene rings is 4. The van der Waals surface area contributed by atoms with Crippen molar-refractivity contribution in [1.82, 2.24) is 4.57 Å². The third-order valence-electron chi connectivity index (χ3n) is 7.10. The normalized spacial score (nSPS) is 13.1. The first kappa shape index (κ1) is 22.0. The lowest BCUT2D eigenvalue weighted by atomic mass is 9.84. The second-order valence-corrected chi connectivity index (χ2v) is 9.42. The Morgan fingerprint density at radius 1 is 0.794 bits per heavy atom. The second kappa shape index (κ2) is 9.20. The van der Waals surface area contributed by atoms with Gasteiger partial charge < -0.3 is 4.57 Å². The van der Waals surface area contributed by atoms with Crippen LogP contribution in [0.15, 0.2) is 91.0 Å². The first-order valence-electron chi connectivity index (χ1n) is 12.2. The van der Waals surface area contributed by atoms with Gasteiger partial charge in [0.25, 0.3) is 0 Å². The smallest absolute Gasteiger partial charge is 0.189 e. The number of aromatic nitrogens is 1. The number of para-hydroxylation sites is 1. The maximum absolute atomic E-state index is 7.51. The minimum absolute atomic E-state index is 0.462. The SMILES string of the molecule is [C-]#[N+]c1cc(C)cc(-n2c3ccccc3c3cc(C(C)CC(CC)c4ccccc4)ccc32)c1. The molecule has 0 saturated heterocycles. The molecule has 0 spiro atoms. The maximum atomic E-state index is 7.51. The van der Waals surface area contributed by atoms with Crippen LogP contribution in [0.4, 0.5) is 5.69 Å². The molecule has 34 heavy (non-hydrogen) atoms. The number of rotatable bonds is 6. The Morgan fingerprint density at radius 3 is 2.29 bits per heavy atom. The molecule has 1 aromatic heterocycles. The van der Waals surface area contributed by atoms with E-state index in [1.807, 2.05) is 12.1 Å². The molecular weight excluding hydrogens is 412 g/mol. The molecule has 5 rings (SSSR count). The fraction of sp³-hybridized carbons (Fsp3) is 0.219. The lowest BCUT2D eigenvalue weighted by Crippen LogP contribution is -2.04. The van der Waals surface area contributed by atoms with Crippen molar-refractivity contribution < 1.29 is 0 Å². The molecule has 2 atom stereocenters. The first-order valence-corrected chi connectivity index (χ1v) is 12.2. The molecule has 0 aliphatic heterocycles. The summed E-state index contributed by atoms with van der Waals surface area (Å²) in [5.74, 6) is 1.02. The topological polar surface area (TPSA) is 9.29 Å². The van der Waals surface area contributed by atoms with Crippen LogP contribution >= 0.6 is 0 Å². The predicted octanol–water partition coefficient (Wildman–Crippen LogP) is 9.33. The summed E-state index contributed by atoms with van der Waals surface area (Å²) in [6, 6.07) is 32.6. The Kier molecular flexibility index (Phi) is 5.95. The third-order valence-corrected chi connectivity index (χ3v) is 7.10. The van der Waals surface area contributed by atoms with Gasteiger partial charge in [-0.1, -0.05) is 80.1 Å². The molecule has 2 unspecified atom stereocenters. The Morgan fingerprint density at radius 2 is 1.53 bits per heavy atom. The van der Waals surface area contributed by atoms with Gasteiger partial charge in [-0.2, -0.15) is 0 Å². The number of hydrogen-bond acceptors (Lipinski definition) is 0. The standard InChI is InChI=1S/C32H30N2/c1-5-24(25-11-7-6-8-12-25)19-23(3)26-15-16-32-30(20-26)29-13-9-10-14-31(29)34(32)28-18-22(2)17-27(21-28)33-4/h6-18,20-21,23-24H,5,19H2,1-3H3. The minimum atomic E-state index is 0.462. The van der Waals surface area contributed by atoms with Crippen molar-refractivity contribution in [2.45, 2.75) is 45.4 Å². The van der Waals surface area contributed by atoms with E-state index in [4.69, 9.17) is 6.57 Å². The Bertz CT molecular complexity index is 1500. The number of nitrogens with zero attached hydrogens (tertiary/aromatic N) is 2. The number of hydrogen-bond donors (Lipinski definition) is 0. The average Bonchev–Trinajstić information content (AvgIpc) is 3.21. The van der Waals surface area contributed by atoms with Gasteiger partial charge in [0.2, 0.25) is 0 Å². The van der Waals surface area contributed by atoms with Crippen LogP contribution in [-0.4, -0.2) is 4.57 Å². The number of aryl methyl sites for hydroxylation is 1. The van der Waals surface area contributed by atoms with Crippen molar-refractivity contribution in [2.75, 3.05) is 0 Å². The van der Waals surface area contributed by atoms with Gasteiger partial charge in [-0.3, -0.25) is 0 Å². The van der Waals surface area contributed by atoms with Crippen LogP contribution in [0.1, 0.15) is 55.2 Å². The number of fused-ring (bicyclic) bond motifs is 3. The van der Waals surface area contributed by atoms with Gasteiger partial charge in [-0.05, 0) is 73.1 Å². The minimum Gasteiger partial charge on any atom is -0.311 e. The van der Waals surface area contributed by atoms with Gasteiger partial charge in [0, 0.05) is 16.5 Å². The van der Waals surface area contributed by atoms with Gasteiger partial charge in [-0.15, -0.1) is 0 Å². The average molecular weight is 443 g/mol. The zero-order valence-corrected chi connectivity index (χ0v) is 20.1. The van der Waals surface area contributed by atoms with E-state index in [9.17, 15) is 0 Å². The van der Waals surface area contributed by atoms with Crippen molar-refractivity contribution in [3.63, 3.8) is 0 Å². The Hall–Kier alpha value is -3.83. The molecule has 2 nitrogen and oxygen atoms in total. The monoisotopic (exact) mass is 442 g/mol. The summed E-state index contributed by atoms with van der Waals surface area (Å²) in [5, 5.41) is 2.53. The van der Waals surface area contributed by atoms with E-state index in [0.29, 0.717) is 17.5 Å². The molecule has 0 saturated carbocycles. The summed E-state index contributed by atoms with van der Waals surface area (Å²) < 4.78 is 2.31. The summed E-state index contributed by atoms with van der Waals surface area (Å²) in [5.41, 5.74) is 8.02. The fourth-order valence-corrected chi connectivity index (χ4v) is 5.34. The molecule has 2 heteroatoms. The Balaban J connectivity index is 1.60. The summed E-state index contributed by atoms with van der Waals surface area (Å²) in [6.07, 6.45) is 2.28. The molecule has 5 aromatic rings. The molecule has 0 N–H and O–H groups in total. The summed E-state index contributed by atoms with van der Waals surface area (Å²) >= 11 is 0. The van der Waals surface area contributed by atoms with Gasteiger partial charge in [0.1, 0.15) is 0 Å². The van der Waals surface area contributed by atoms with Crippen LogP contribution in [0.3, 0.4) is 0 Å². The van der Waals surface area contributed by atoms with Gasteiger partial charge in [0.05, 0.1) is 17.6 Å². The van der Waals surface area contributed by atoms with Crippen molar-refractivity contribution in [1.29, 1.82) is 0 Å². The lowest BCUT2D eigenvalue weighted by molar-refractivity contribution is 0.545. The molecule has 1 heterocycles. The van der Waals surface area contributed by atoms with E-state index in [2.05, 4.69) is 109 Å². The highest BCUT2D eigenvalue weighted by Crippen LogP contribution is 2.37. The first-order chi connectivity index (χ1) is 16.6. The summed E-state index contributed by atoms with van der Waals surface area (Å²) in [7, 11) is 0. The van der Waals surface area contributed by atoms with E-state index >= 15 is 0 Å². The molecular formula is C32H30N2. The highest BCUT2D eigenvalue weighted by molar-refractivity contribution is 6.09. The van der Waals surface area contributed by atoms with Crippen LogP contribution < -0.4 is 0 Å². The van der Waals surface area contributed by atoms with Crippen LogP contribution in [0, 0.1) is 13.5 Å². The third kappa shape index (κ3) is 3.99. The van der Waals surface area contributed by atoms with Crippen LogP contribution in [0.2, 0.25) is 0 Å². The molecule has 0 fully saturated rings. The predicted molar refractivity (Wildman–Crippen MR) is 144 cm³/mol. The molecule has 0 aliphatic carbocycles. The molecule has 4 aromatic carbocycles. The van der Waals surface area contributed by atoms with Gasteiger partial charge in [-0.25, -0.2) is 4.85 Å². The molecule has 0 aliphatic rings. The van der Waals surface area contributed by atoms with E-state index < -0.39 is 0 Å². The molecule has 0 amide bonds. The van der Waals surface area contributed by atoms with E-state index in [1.54, 1.807) is 0 Å². The molecule has 168 valence electrons. The van der Waals surface area contributed by atoms with E-state index in [-0.39, 0.29) is 0 Å². The van der Waals surface area contributed by atoms with Crippen molar-refractivity contribution in [3.05, 3.63) is 119 Å². The fourth-order valence-electron chi connectivity index (χ4n) is 5.34. The quantitative estimate of drug-likeness (QED) is 0.232. The zero-order valence-electron chi connectivity index (χ0n) is 20.1. The van der Waals surface area contributed by atoms with Gasteiger partial charge >= 0.3 is 0 Å². The van der Waals surface area contributed by atoms with Crippen LogP contribution in [0.5, 0.6) is 0 Å². The van der Waals surface area contributed by atoms with Crippen molar-refractivity contribution in [3.8, 4) is 5.69 Å². The highest BCUT2D eigenvalue weighted by Gasteiger charge is 2.18. The Labute approximate surface area is 202 Å². The summed E-state index contributed by atoms with van der Waals surface area (Å²) in [6.45, 7) is 14.2. The van der Waals surface area contributed by atoms with Crippen LogP contribution in [-0.2, 0) is 0 Å². The second-order valence-electron chi connectivity index (χ2n) is 9.42. The van der Waals surface area contributed by atoms with Crippen molar-refractivity contribution >= 4 is 27.5 Å². The van der Waals surface area contributed by atoms with E-state index in [1.165, 1.54) is 32.9 Å².